The van der Waals surface area contributed by atoms with Gasteiger partial charge < -0.3 is 5.73 Å². The third-order valence-corrected chi connectivity index (χ3v) is 3.63. The minimum atomic E-state index is 0.266. The average molecular weight is 256 g/mol. The molecule has 1 aromatic rings. The van der Waals surface area contributed by atoms with E-state index in [-0.39, 0.29) is 5.41 Å². The Labute approximate surface area is 92.3 Å². The van der Waals surface area contributed by atoms with Crippen molar-refractivity contribution in [1.82, 2.24) is 9.97 Å². The molecule has 0 amide bonds. The Kier molecular flexibility index (Phi) is 2.35. The van der Waals surface area contributed by atoms with Crippen molar-refractivity contribution in [3.05, 3.63) is 22.7 Å². The lowest BCUT2D eigenvalue weighted by Gasteiger charge is -2.00. The highest BCUT2D eigenvalue weighted by Crippen LogP contribution is 2.62. The Balaban J connectivity index is 2.22. The number of rotatable bonds is 2. The molecule has 2 unspecified atom stereocenters. The lowest BCUT2D eigenvalue weighted by atomic mass is 10.1. The van der Waals surface area contributed by atoms with Gasteiger partial charge in [-0.05, 0) is 33.8 Å². The molecule has 76 valence electrons. The van der Waals surface area contributed by atoms with E-state index in [0.29, 0.717) is 11.8 Å². The quantitative estimate of drug-likeness (QED) is 0.879. The van der Waals surface area contributed by atoms with Crippen LogP contribution < -0.4 is 5.73 Å². The van der Waals surface area contributed by atoms with Gasteiger partial charge in [-0.25, -0.2) is 9.97 Å². The van der Waals surface area contributed by atoms with Crippen molar-refractivity contribution in [2.75, 3.05) is 6.54 Å². The normalized spacial score (nSPS) is 28.9. The van der Waals surface area contributed by atoms with E-state index < -0.39 is 0 Å². The molecule has 0 saturated heterocycles. The Morgan fingerprint density at radius 1 is 1.43 bits per heavy atom. The number of aromatic nitrogens is 2. The van der Waals surface area contributed by atoms with Crippen LogP contribution >= 0.6 is 15.9 Å². The molecule has 4 heteroatoms. The lowest BCUT2D eigenvalue weighted by molar-refractivity contribution is 0.555. The maximum absolute atomic E-state index is 5.70. The molecule has 0 spiro atoms. The van der Waals surface area contributed by atoms with Crippen LogP contribution in [-0.2, 0) is 0 Å². The number of hydrogen-bond acceptors (Lipinski definition) is 3. The second-order valence-corrected chi connectivity index (χ2v) is 5.32. The van der Waals surface area contributed by atoms with Gasteiger partial charge in [0.1, 0.15) is 5.82 Å². The van der Waals surface area contributed by atoms with Crippen LogP contribution in [0.1, 0.15) is 25.6 Å². The fourth-order valence-corrected chi connectivity index (χ4v) is 2.38. The monoisotopic (exact) mass is 255 g/mol. The van der Waals surface area contributed by atoms with E-state index in [1.54, 1.807) is 12.4 Å². The zero-order chi connectivity index (χ0) is 10.3. The fourth-order valence-electron chi connectivity index (χ4n) is 2.18. The largest absolute Gasteiger partial charge is 0.330 e. The minimum Gasteiger partial charge on any atom is -0.330 e. The molecule has 1 aromatic heterocycles. The zero-order valence-corrected chi connectivity index (χ0v) is 9.95. The number of halogens is 1. The molecule has 2 atom stereocenters. The van der Waals surface area contributed by atoms with Gasteiger partial charge in [-0.1, -0.05) is 13.8 Å². The Morgan fingerprint density at radius 2 is 2.00 bits per heavy atom. The summed E-state index contributed by atoms with van der Waals surface area (Å²) < 4.78 is 0.920. The molecule has 2 rings (SSSR count). The van der Waals surface area contributed by atoms with Gasteiger partial charge in [0.15, 0.2) is 0 Å². The SMILES string of the molecule is CC1(C)C(CN)C1c1ncc(Br)cn1. The molecule has 1 fully saturated rings. The van der Waals surface area contributed by atoms with E-state index in [2.05, 4.69) is 39.7 Å². The van der Waals surface area contributed by atoms with Crippen molar-refractivity contribution >= 4 is 15.9 Å². The van der Waals surface area contributed by atoms with Crippen molar-refractivity contribution in [2.24, 2.45) is 17.1 Å². The second kappa shape index (κ2) is 3.28. The summed E-state index contributed by atoms with van der Waals surface area (Å²) in [4.78, 5) is 8.64. The lowest BCUT2D eigenvalue weighted by Crippen LogP contribution is -2.05. The summed E-state index contributed by atoms with van der Waals surface area (Å²) >= 11 is 3.33. The standard InChI is InChI=1S/C10H14BrN3/c1-10(2)7(3-12)8(10)9-13-4-6(11)5-14-9/h4-5,7-8H,3,12H2,1-2H3. The molecule has 0 radical (unpaired) electrons. The highest BCUT2D eigenvalue weighted by molar-refractivity contribution is 9.10. The summed E-state index contributed by atoms with van der Waals surface area (Å²) in [7, 11) is 0. The van der Waals surface area contributed by atoms with Crippen LogP contribution in [-0.4, -0.2) is 16.5 Å². The highest BCUT2D eigenvalue weighted by Gasteiger charge is 2.58. The molecule has 1 aliphatic carbocycles. The van der Waals surface area contributed by atoms with E-state index in [4.69, 9.17) is 5.73 Å². The van der Waals surface area contributed by atoms with Gasteiger partial charge in [0, 0.05) is 18.3 Å². The van der Waals surface area contributed by atoms with Crippen LogP contribution in [0.5, 0.6) is 0 Å². The Morgan fingerprint density at radius 3 is 2.43 bits per heavy atom. The van der Waals surface area contributed by atoms with Crippen LogP contribution in [0, 0.1) is 11.3 Å². The van der Waals surface area contributed by atoms with Crippen molar-refractivity contribution < 1.29 is 0 Å². The van der Waals surface area contributed by atoms with E-state index in [0.717, 1.165) is 16.8 Å². The molecule has 2 N–H and O–H groups in total. The van der Waals surface area contributed by atoms with Crippen molar-refractivity contribution in [3.8, 4) is 0 Å². The topological polar surface area (TPSA) is 51.8 Å². The van der Waals surface area contributed by atoms with E-state index in [9.17, 15) is 0 Å². The number of nitrogens with two attached hydrogens (primary N) is 1. The molecule has 3 nitrogen and oxygen atoms in total. The molecular weight excluding hydrogens is 242 g/mol. The van der Waals surface area contributed by atoms with Gasteiger partial charge in [-0.3, -0.25) is 0 Å². The van der Waals surface area contributed by atoms with Gasteiger partial charge >= 0.3 is 0 Å². The third kappa shape index (κ3) is 1.46. The summed E-state index contributed by atoms with van der Waals surface area (Å²) in [5.74, 6) is 1.89. The Bertz CT molecular complexity index is 334. The van der Waals surface area contributed by atoms with Gasteiger partial charge in [0.05, 0.1) is 4.47 Å². The first-order valence-corrected chi connectivity index (χ1v) is 5.54. The maximum Gasteiger partial charge on any atom is 0.132 e. The first kappa shape index (κ1) is 10.1. The Hall–Kier alpha value is -0.480. The highest BCUT2D eigenvalue weighted by atomic mass is 79.9. The van der Waals surface area contributed by atoms with Gasteiger partial charge in [0.25, 0.3) is 0 Å². The molecule has 0 aliphatic heterocycles. The van der Waals surface area contributed by atoms with Gasteiger partial charge in [-0.2, -0.15) is 0 Å². The molecule has 1 saturated carbocycles. The molecule has 0 bridgehead atoms. The fraction of sp³-hybridized carbons (Fsp3) is 0.600. The average Bonchev–Trinajstić information content (AvgIpc) is 2.69. The molecular formula is C10H14BrN3. The smallest absolute Gasteiger partial charge is 0.132 e. The summed E-state index contributed by atoms with van der Waals surface area (Å²) in [6.07, 6.45) is 3.59. The zero-order valence-electron chi connectivity index (χ0n) is 8.37. The summed E-state index contributed by atoms with van der Waals surface area (Å²) in [6, 6.07) is 0. The minimum absolute atomic E-state index is 0.266. The summed E-state index contributed by atoms with van der Waals surface area (Å²) in [5.41, 5.74) is 5.97. The maximum atomic E-state index is 5.70. The van der Waals surface area contributed by atoms with E-state index >= 15 is 0 Å². The first-order chi connectivity index (χ1) is 6.57. The number of hydrogen-bond donors (Lipinski definition) is 1. The van der Waals surface area contributed by atoms with Crippen LogP contribution in [0.25, 0.3) is 0 Å². The molecule has 1 heterocycles. The molecule has 14 heavy (non-hydrogen) atoms. The van der Waals surface area contributed by atoms with Crippen LogP contribution in [0.15, 0.2) is 16.9 Å². The summed E-state index contributed by atoms with van der Waals surface area (Å²) in [5, 5.41) is 0. The molecule has 1 aliphatic rings. The first-order valence-electron chi connectivity index (χ1n) is 4.75. The second-order valence-electron chi connectivity index (χ2n) is 4.40. The van der Waals surface area contributed by atoms with Crippen LogP contribution in [0.3, 0.4) is 0 Å². The predicted molar refractivity (Wildman–Crippen MR) is 58.8 cm³/mol. The predicted octanol–water partition coefficient (Wildman–Crippen LogP) is 1.94. The van der Waals surface area contributed by atoms with E-state index in [1.165, 1.54) is 0 Å². The van der Waals surface area contributed by atoms with Crippen LogP contribution in [0.4, 0.5) is 0 Å². The van der Waals surface area contributed by atoms with Gasteiger partial charge in [-0.15, -0.1) is 0 Å². The summed E-state index contributed by atoms with van der Waals surface area (Å²) in [6.45, 7) is 5.16. The van der Waals surface area contributed by atoms with Crippen molar-refractivity contribution in [3.63, 3.8) is 0 Å². The van der Waals surface area contributed by atoms with Crippen molar-refractivity contribution in [1.29, 1.82) is 0 Å². The van der Waals surface area contributed by atoms with Crippen LogP contribution in [0.2, 0.25) is 0 Å². The van der Waals surface area contributed by atoms with Gasteiger partial charge in [0.2, 0.25) is 0 Å². The van der Waals surface area contributed by atoms with Crippen molar-refractivity contribution in [2.45, 2.75) is 19.8 Å². The van der Waals surface area contributed by atoms with E-state index in [1.807, 2.05) is 0 Å². The number of nitrogens with zero attached hydrogens (tertiary/aromatic N) is 2. The third-order valence-electron chi connectivity index (χ3n) is 3.22. The molecule has 0 aromatic carbocycles.